The Kier molecular flexibility index (Phi) is 7.41. The molecule has 180 valence electrons. The van der Waals surface area contributed by atoms with Crippen LogP contribution in [0.3, 0.4) is 0 Å². The number of benzene rings is 3. The molecule has 3 aromatic carbocycles. The Morgan fingerprint density at radius 3 is 2.49 bits per heavy atom. The van der Waals surface area contributed by atoms with E-state index in [2.05, 4.69) is 15.6 Å². The number of halogens is 2. The van der Waals surface area contributed by atoms with Crippen molar-refractivity contribution in [3.63, 3.8) is 0 Å². The molecule has 0 aliphatic carbocycles. The van der Waals surface area contributed by atoms with Gasteiger partial charge in [-0.15, -0.1) is 5.10 Å². The summed E-state index contributed by atoms with van der Waals surface area (Å²) in [6.45, 7) is 0.0960. The predicted octanol–water partition coefficient (Wildman–Crippen LogP) is 3.25. The number of carbonyl (C=O) groups is 2. The fraction of sp³-hybridized carbons (Fsp3) is 0.200. The first-order chi connectivity index (χ1) is 17.0. The van der Waals surface area contributed by atoms with Crippen molar-refractivity contribution in [2.75, 3.05) is 25.2 Å². The van der Waals surface area contributed by atoms with Gasteiger partial charge in [0.1, 0.15) is 29.7 Å². The molecule has 8 nitrogen and oxygen atoms in total. The highest BCUT2D eigenvalue weighted by Gasteiger charge is 2.34. The van der Waals surface area contributed by atoms with Crippen LogP contribution in [0.5, 0.6) is 0 Å². The molecule has 0 saturated heterocycles. The van der Waals surface area contributed by atoms with Crippen molar-refractivity contribution in [1.29, 1.82) is 0 Å². The van der Waals surface area contributed by atoms with Crippen LogP contribution >= 0.6 is 0 Å². The Morgan fingerprint density at radius 1 is 1.03 bits per heavy atom. The van der Waals surface area contributed by atoms with Crippen molar-refractivity contribution in [3.05, 3.63) is 90.0 Å². The van der Waals surface area contributed by atoms with E-state index in [1.54, 1.807) is 30.3 Å². The third-order valence-corrected chi connectivity index (χ3v) is 5.39. The fourth-order valence-corrected chi connectivity index (χ4v) is 3.74. The average molecular weight is 479 g/mol. The molecule has 0 radical (unpaired) electrons. The summed E-state index contributed by atoms with van der Waals surface area (Å²) in [5, 5.41) is 10.8. The first-order valence-electron chi connectivity index (χ1n) is 10.9. The van der Waals surface area contributed by atoms with Crippen LogP contribution in [0.4, 0.5) is 14.5 Å². The zero-order chi connectivity index (χ0) is 24.8. The molecule has 1 atom stereocenters. The van der Waals surface area contributed by atoms with Gasteiger partial charge in [-0.3, -0.25) is 14.5 Å². The van der Waals surface area contributed by atoms with Crippen molar-refractivity contribution in [3.8, 4) is 0 Å². The van der Waals surface area contributed by atoms with Gasteiger partial charge in [0, 0.05) is 24.9 Å². The highest BCUT2D eigenvalue weighted by atomic mass is 19.1. The monoisotopic (exact) mass is 479 g/mol. The molecule has 35 heavy (non-hydrogen) atoms. The lowest BCUT2D eigenvalue weighted by atomic mass is 10.0. The maximum Gasteiger partial charge on any atom is 0.249 e. The number of hydrogen-bond acceptors (Lipinski definition) is 5. The lowest BCUT2D eigenvalue weighted by Gasteiger charge is -2.31. The van der Waals surface area contributed by atoms with E-state index in [0.29, 0.717) is 11.0 Å². The summed E-state index contributed by atoms with van der Waals surface area (Å²) in [7, 11) is 1.48. The van der Waals surface area contributed by atoms with Gasteiger partial charge in [-0.2, -0.15) is 0 Å². The van der Waals surface area contributed by atoms with E-state index in [0.717, 1.165) is 4.90 Å². The largest absolute Gasteiger partial charge is 0.383 e. The van der Waals surface area contributed by atoms with Crippen LogP contribution in [0.1, 0.15) is 11.6 Å². The summed E-state index contributed by atoms with van der Waals surface area (Å²) in [4.78, 5) is 28.2. The lowest BCUT2D eigenvalue weighted by Crippen LogP contribution is -2.46. The van der Waals surface area contributed by atoms with E-state index in [4.69, 9.17) is 4.74 Å². The number of fused-ring (bicyclic) bond motifs is 1. The summed E-state index contributed by atoms with van der Waals surface area (Å²) < 4.78 is 35.0. The molecular formula is C25H23F2N5O3. The average Bonchev–Trinajstić information content (AvgIpc) is 3.26. The zero-order valence-electron chi connectivity index (χ0n) is 18.9. The van der Waals surface area contributed by atoms with Crippen LogP contribution in [-0.2, 0) is 20.9 Å². The molecule has 0 saturated carbocycles. The third-order valence-electron chi connectivity index (χ3n) is 5.39. The molecule has 1 heterocycles. The minimum Gasteiger partial charge on any atom is -0.383 e. The van der Waals surface area contributed by atoms with Crippen LogP contribution in [0.25, 0.3) is 11.0 Å². The molecule has 2 amide bonds. The lowest BCUT2D eigenvalue weighted by molar-refractivity contribution is -0.127. The number of hydrogen-bond donors (Lipinski definition) is 1. The van der Waals surface area contributed by atoms with E-state index in [-0.39, 0.29) is 30.9 Å². The topological polar surface area (TPSA) is 89.4 Å². The Bertz CT molecular complexity index is 1330. The SMILES string of the molecule is COCCNC(=O)[C@@H](c1ccccc1F)N(C(=O)Cn1nnc2ccccc21)c1ccc(F)cc1. The Labute approximate surface area is 200 Å². The number of para-hydroxylation sites is 1. The summed E-state index contributed by atoms with van der Waals surface area (Å²) in [6, 6.07) is 16.5. The number of anilines is 1. The van der Waals surface area contributed by atoms with E-state index < -0.39 is 29.5 Å². The maximum atomic E-state index is 14.9. The highest BCUT2D eigenvalue weighted by molar-refractivity contribution is 6.01. The number of methoxy groups -OCH3 is 1. The molecule has 0 fully saturated rings. The number of ether oxygens (including phenoxy) is 1. The number of nitrogens with one attached hydrogen (secondary N) is 1. The van der Waals surface area contributed by atoms with Gasteiger partial charge in [-0.1, -0.05) is 35.5 Å². The Morgan fingerprint density at radius 2 is 1.74 bits per heavy atom. The quantitative estimate of drug-likeness (QED) is 0.373. The molecule has 10 heteroatoms. The first kappa shape index (κ1) is 24.0. The normalized spacial score (nSPS) is 11.9. The predicted molar refractivity (Wildman–Crippen MR) is 125 cm³/mol. The van der Waals surface area contributed by atoms with Gasteiger partial charge >= 0.3 is 0 Å². The number of nitrogens with zero attached hydrogens (tertiary/aromatic N) is 4. The van der Waals surface area contributed by atoms with Gasteiger partial charge in [-0.05, 0) is 42.5 Å². The van der Waals surface area contributed by atoms with Crippen molar-refractivity contribution in [1.82, 2.24) is 20.3 Å². The van der Waals surface area contributed by atoms with Crippen molar-refractivity contribution in [2.45, 2.75) is 12.6 Å². The Balaban J connectivity index is 1.78. The molecule has 0 spiro atoms. The molecule has 0 aliphatic heterocycles. The van der Waals surface area contributed by atoms with E-state index in [1.165, 1.54) is 54.3 Å². The van der Waals surface area contributed by atoms with Crippen LogP contribution in [0.15, 0.2) is 72.8 Å². The molecular weight excluding hydrogens is 456 g/mol. The minimum absolute atomic E-state index is 0.0106. The van der Waals surface area contributed by atoms with Crippen LogP contribution in [-0.4, -0.2) is 47.1 Å². The van der Waals surface area contributed by atoms with E-state index in [9.17, 15) is 18.4 Å². The summed E-state index contributed by atoms with van der Waals surface area (Å²) >= 11 is 0. The first-order valence-corrected chi connectivity index (χ1v) is 10.9. The summed E-state index contributed by atoms with van der Waals surface area (Å²) in [5.41, 5.74) is 1.42. The number of rotatable bonds is 9. The second-order valence-corrected chi connectivity index (χ2v) is 7.68. The number of carbonyl (C=O) groups excluding carboxylic acids is 2. The molecule has 0 aliphatic rings. The number of aromatic nitrogens is 3. The van der Waals surface area contributed by atoms with Gasteiger partial charge in [-0.25, -0.2) is 13.5 Å². The second-order valence-electron chi connectivity index (χ2n) is 7.68. The van der Waals surface area contributed by atoms with Gasteiger partial charge < -0.3 is 10.1 Å². The third kappa shape index (κ3) is 5.33. The molecule has 0 bridgehead atoms. The molecule has 1 aromatic heterocycles. The number of amides is 2. The molecule has 4 aromatic rings. The van der Waals surface area contributed by atoms with Crippen molar-refractivity contribution >= 4 is 28.5 Å². The maximum absolute atomic E-state index is 14.9. The Hall–Kier alpha value is -4.18. The van der Waals surface area contributed by atoms with E-state index >= 15 is 0 Å². The standard InChI is InChI=1S/C25H23F2N5O3/c1-35-15-14-28-25(34)24(19-6-2-3-7-20(19)27)32(18-12-10-17(26)11-13-18)23(33)16-31-22-9-5-4-8-21(22)29-30-31/h2-13,24H,14-16H2,1H3,(H,28,34)/t24-/m1/s1. The van der Waals surface area contributed by atoms with E-state index in [1.807, 2.05) is 0 Å². The van der Waals surface area contributed by atoms with Gasteiger partial charge in [0.15, 0.2) is 0 Å². The van der Waals surface area contributed by atoms with Crippen LogP contribution in [0, 0.1) is 11.6 Å². The fourth-order valence-electron chi connectivity index (χ4n) is 3.74. The second kappa shape index (κ2) is 10.8. The highest BCUT2D eigenvalue weighted by Crippen LogP contribution is 2.30. The summed E-state index contributed by atoms with van der Waals surface area (Å²) in [6.07, 6.45) is 0. The van der Waals surface area contributed by atoms with Gasteiger partial charge in [0.25, 0.3) is 0 Å². The van der Waals surface area contributed by atoms with Crippen molar-refractivity contribution < 1.29 is 23.1 Å². The summed E-state index contributed by atoms with van der Waals surface area (Å²) in [5.74, 6) is -2.36. The molecule has 0 unspecified atom stereocenters. The minimum atomic E-state index is -1.37. The van der Waals surface area contributed by atoms with Crippen LogP contribution in [0.2, 0.25) is 0 Å². The zero-order valence-corrected chi connectivity index (χ0v) is 18.9. The van der Waals surface area contributed by atoms with Crippen molar-refractivity contribution in [2.24, 2.45) is 0 Å². The van der Waals surface area contributed by atoms with Gasteiger partial charge in [0.05, 0.1) is 12.1 Å². The molecule has 1 N–H and O–H groups in total. The van der Waals surface area contributed by atoms with Crippen LogP contribution < -0.4 is 10.2 Å². The molecule has 4 rings (SSSR count). The van der Waals surface area contributed by atoms with Gasteiger partial charge in [0.2, 0.25) is 11.8 Å². The smallest absolute Gasteiger partial charge is 0.249 e.